The number of nitriles is 2. The first-order chi connectivity index (χ1) is 6.55. The van der Waals surface area contributed by atoms with E-state index in [1.807, 2.05) is 12.1 Å². The number of carbonyl (C=O) groups is 1. The molecule has 0 fully saturated rings. The van der Waals surface area contributed by atoms with E-state index in [9.17, 15) is 4.79 Å². The molecule has 0 heterocycles. The van der Waals surface area contributed by atoms with Gasteiger partial charge in [0, 0.05) is 0 Å². The Morgan fingerprint density at radius 2 is 2.07 bits per heavy atom. The van der Waals surface area contributed by atoms with E-state index in [1.54, 1.807) is 20.8 Å². The lowest BCUT2D eigenvalue weighted by Gasteiger charge is -2.23. The van der Waals surface area contributed by atoms with Gasteiger partial charge in [-0.25, -0.2) is 0 Å². The lowest BCUT2D eigenvalue weighted by Crippen LogP contribution is -2.32. The van der Waals surface area contributed by atoms with Crippen LogP contribution in [0.25, 0.3) is 0 Å². The lowest BCUT2D eigenvalue weighted by molar-refractivity contribution is -0.148. The molecule has 0 radical (unpaired) electrons. The van der Waals surface area contributed by atoms with E-state index in [2.05, 4.69) is 0 Å². The molecule has 0 aliphatic heterocycles. The quantitative estimate of drug-likeness (QED) is 0.637. The Morgan fingerprint density at radius 3 is 2.36 bits per heavy atom. The predicted octanol–water partition coefficient (Wildman–Crippen LogP) is 1.63. The van der Waals surface area contributed by atoms with Crippen molar-refractivity contribution in [3.05, 3.63) is 0 Å². The minimum Gasteiger partial charge on any atom is -0.465 e. The molecule has 4 heteroatoms. The Balaban J connectivity index is 4.83. The van der Waals surface area contributed by atoms with Crippen molar-refractivity contribution in [2.24, 2.45) is 11.3 Å². The topological polar surface area (TPSA) is 73.9 Å². The van der Waals surface area contributed by atoms with Crippen molar-refractivity contribution < 1.29 is 9.53 Å². The zero-order valence-corrected chi connectivity index (χ0v) is 8.70. The van der Waals surface area contributed by atoms with Gasteiger partial charge in [0.2, 0.25) is 0 Å². The van der Waals surface area contributed by atoms with Gasteiger partial charge in [-0.05, 0) is 20.3 Å². The third kappa shape index (κ3) is 2.47. The van der Waals surface area contributed by atoms with Crippen molar-refractivity contribution >= 4 is 5.97 Å². The normalized spacial score (nSPS) is 15.8. The van der Waals surface area contributed by atoms with Crippen LogP contribution in [0.15, 0.2) is 0 Å². The maximum Gasteiger partial charge on any atom is 0.324 e. The molecule has 0 aromatic rings. The Kier molecular flexibility index (Phi) is 4.66. The van der Waals surface area contributed by atoms with Crippen molar-refractivity contribution in [1.82, 2.24) is 0 Å². The highest BCUT2D eigenvalue weighted by atomic mass is 16.5. The summed E-state index contributed by atoms with van der Waals surface area (Å²) in [7, 11) is 0. The molecule has 0 saturated carbocycles. The molecule has 4 nitrogen and oxygen atoms in total. The van der Waals surface area contributed by atoms with E-state index in [0.717, 1.165) is 0 Å². The summed E-state index contributed by atoms with van der Waals surface area (Å²) in [6.07, 6.45) is 0.445. The second kappa shape index (κ2) is 5.24. The third-order valence-corrected chi connectivity index (χ3v) is 2.28. The molecule has 0 spiro atoms. The molecule has 0 aromatic heterocycles. The number of hydrogen-bond acceptors (Lipinski definition) is 4. The van der Waals surface area contributed by atoms with Gasteiger partial charge in [0.05, 0.1) is 24.2 Å². The van der Waals surface area contributed by atoms with Crippen LogP contribution < -0.4 is 0 Å². The molecule has 0 saturated heterocycles. The Hall–Kier alpha value is -1.55. The summed E-state index contributed by atoms with van der Waals surface area (Å²) in [5.74, 6) is -1.61. The molecule has 0 rings (SSSR count). The molecular weight excluding hydrogens is 180 g/mol. The van der Waals surface area contributed by atoms with Gasteiger partial charge in [-0.3, -0.25) is 4.79 Å². The van der Waals surface area contributed by atoms with E-state index < -0.39 is 17.3 Å². The van der Waals surface area contributed by atoms with Crippen LogP contribution in [0.4, 0.5) is 0 Å². The summed E-state index contributed by atoms with van der Waals surface area (Å²) >= 11 is 0. The monoisotopic (exact) mass is 194 g/mol. The minimum absolute atomic E-state index is 0.224. The number of hydrogen-bond donors (Lipinski definition) is 0. The molecule has 0 aromatic carbocycles. The van der Waals surface area contributed by atoms with Crippen molar-refractivity contribution in [3.63, 3.8) is 0 Å². The number of nitrogens with zero attached hydrogens (tertiary/aromatic N) is 2. The van der Waals surface area contributed by atoms with Crippen LogP contribution in [0.3, 0.4) is 0 Å². The Labute approximate surface area is 84.1 Å². The van der Waals surface area contributed by atoms with Gasteiger partial charge in [0.25, 0.3) is 0 Å². The van der Waals surface area contributed by atoms with Crippen molar-refractivity contribution in [2.75, 3.05) is 6.61 Å². The van der Waals surface area contributed by atoms with Gasteiger partial charge >= 0.3 is 5.97 Å². The minimum atomic E-state index is -1.00. The molecular formula is C10H14N2O2. The van der Waals surface area contributed by atoms with Gasteiger partial charge < -0.3 is 4.74 Å². The van der Waals surface area contributed by atoms with E-state index in [0.29, 0.717) is 6.42 Å². The fourth-order valence-electron chi connectivity index (χ4n) is 1.03. The summed E-state index contributed by atoms with van der Waals surface area (Å²) in [5, 5.41) is 17.7. The Bertz CT molecular complexity index is 287. The number of esters is 1. The fourth-order valence-corrected chi connectivity index (χ4v) is 1.03. The molecule has 2 unspecified atom stereocenters. The number of carbonyl (C=O) groups excluding carboxylic acids is 1. The molecule has 76 valence electrons. The van der Waals surface area contributed by atoms with Crippen molar-refractivity contribution in [2.45, 2.75) is 27.2 Å². The molecule has 0 N–H and O–H groups in total. The first-order valence-electron chi connectivity index (χ1n) is 4.53. The average molecular weight is 194 g/mol. The summed E-state index contributed by atoms with van der Waals surface area (Å²) in [4.78, 5) is 11.3. The van der Waals surface area contributed by atoms with Crippen LogP contribution in [0.5, 0.6) is 0 Å². The second-order valence-corrected chi connectivity index (χ2v) is 3.20. The molecule has 0 bridgehead atoms. The van der Waals surface area contributed by atoms with Crippen LogP contribution in [0, 0.1) is 34.0 Å². The summed E-state index contributed by atoms with van der Waals surface area (Å²) < 4.78 is 4.73. The highest BCUT2D eigenvalue weighted by Crippen LogP contribution is 2.30. The first kappa shape index (κ1) is 12.4. The van der Waals surface area contributed by atoms with Gasteiger partial charge in [-0.1, -0.05) is 6.92 Å². The van der Waals surface area contributed by atoms with E-state index >= 15 is 0 Å². The third-order valence-electron chi connectivity index (χ3n) is 2.28. The van der Waals surface area contributed by atoms with Gasteiger partial charge in [0.15, 0.2) is 5.92 Å². The fraction of sp³-hybridized carbons (Fsp3) is 0.700. The molecule has 0 amide bonds. The van der Waals surface area contributed by atoms with E-state index in [4.69, 9.17) is 15.3 Å². The summed E-state index contributed by atoms with van der Waals surface area (Å²) in [6.45, 7) is 5.26. The largest absolute Gasteiger partial charge is 0.465 e. The van der Waals surface area contributed by atoms with Crippen molar-refractivity contribution in [1.29, 1.82) is 10.5 Å². The first-order valence-corrected chi connectivity index (χ1v) is 4.53. The van der Waals surface area contributed by atoms with Crippen molar-refractivity contribution in [3.8, 4) is 12.1 Å². The van der Waals surface area contributed by atoms with Gasteiger partial charge in [-0.2, -0.15) is 10.5 Å². The number of rotatable bonds is 4. The highest BCUT2D eigenvalue weighted by molar-refractivity contribution is 5.76. The second-order valence-electron chi connectivity index (χ2n) is 3.20. The van der Waals surface area contributed by atoms with E-state index in [-0.39, 0.29) is 6.61 Å². The Morgan fingerprint density at radius 1 is 1.50 bits per heavy atom. The lowest BCUT2D eigenvalue weighted by atomic mass is 9.77. The van der Waals surface area contributed by atoms with E-state index in [1.165, 1.54) is 0 Å². The standard InChI is InChI=1S/C10H14N2O2/c1-4-10(3,7-12)8(6-11)9(13)14-5-2/h8H,4-5H2,1-3H3. The zero-order chi connectivity index (χ0) is 11.2. The zero-order valence-electron chi connectivity index (χ0n) is 8.70. The summed E-state index contributed by atoms with van der Waals surface area (Å²) in [5.41, 5.74) is -0.957. The maximum absolute atomic E-state index is 11.3. The van der Waals surface area contributed by atoms with Crippen LogP contribution >= 0.6 is 0 Å². The van der Waals surface area contributed by atoms with Crippen LogP contribution in [0.1, 0.15) is 27.2 Å². The molecule has 14 heavy (non-hydrogen) atoms. The predicted molar refractivity (Wildman–Crippen MR) is 49.7 cm³/mol. The average Bonchev–Trinajstić information content (AvgIpc) is 2.19. The van der Waals surface area contributed by atoms with Gasteiger partial charge in [0.1, 0.15) is 0 Å². The SMILES string of the molecule is CCOC(=O)C(C#N)C(C)(C#N)CC. The summed E-state index contributed by atoms with van der Waals surface area (Å²) in [6, 6.07) is 3.83. The van der Waals surface area contributed by atoms with Crippen LogP contribution in [-0.4, -0.2) is 12.6 Å². The van der Waals surface area contributed by atoms with Crippen LogP contribution in [0.2, 0.25) is 0 Å². The number of ether oxygens (including phenoxy) is 1. The van der Waals surface area contributed by atoms with Crippen LogP contribution in [-0.2, 0) is 9.53 Å². The molecule has 0 aliphatic rings. The molecule has 0 aliphatic carbocycles. The molecule has 2 atom stereocenters. The maximum atomic E-state index is 11.3. The highest BCUT2D eigenvalue weighted by Gasteiger charge is 2.39. The van der Waals surface area contributed by atoms with Gasteiger partial charge in [-0.15, -0.1) is 0 Å². The smallest absolute Gasteiger partial charge is 0.324 e.